The van der Waals surface area contributed by atoms with Gasteiger partial charge in [-0.25, -0.2) is 0 Å². The largest absolute Gasteiger partial charge is 0.481 e. The van der Waals surface area contributed by atoms with E-state index in [1.165, 1.54) is 17.0 Å². The average Bonchev–Trinajstić information content (AvgIpc) is 2.53. The zero-order valence-corrected chi connectivity index (χ0v) is 14.7. The summed E-state index contributed by atoms with van der Waals surface area (Å²) in [6.45, 7) is -0.414. The molecule has 1 saturated heterocycles. The molecule has 4 nitrogen and oxygen atoms in total. The van der Waals surface area contributed by atoms with E-state index in [0.717, 1.165) is 12.1 Å². The molecule has 2 unspecified atom stereocenters. The number of hydrogen-bond acceptors (Lipinski definition) is 3. The van der Waals surface area contributed by atoms with Gasteiger partial charge in [0.2, 0.25) is 0 Å². The summed E-state index contributed by atoms with van der Waals surface area (Å²) in [5, 5.41) is 8.66. The van der Waals surface area contributed by atoms with Crippen molar-refractivity contribution >= 4 is 18.4 Å². The Morgan fingerprint density at radius 3 is 2.48 bits per heavy atom. The maximum absolute atomic E-state index is 13.0. The molecule has 0 bridgehead atoms. The van der Waals surface area contributed by atoms with Crippen LogP contribution in [0, 0.1) is 5.92 Å². The van der Waals surface area contributed by atoms with E-state index in [0.29, 0.717) is 0 Å². The Bertz CT molecular complexity index is 637. The van der Waals surface area contributed by atoms with Crippen molar-refractivity contribution in [2.24, 2.45) is 5.92 Å². The van der Waals surface area contributed by atoms with Crippen LogP contribution in [0.2, 0.25) is 0 Å². The second-order valence-corrected chi connectivity index (χ2v) is 6.08. The number of carboxylic acids is 1. The van der Waals surface area contributed by atoms with Gasteiger partial charge < -0.3 is 9.84 Å². The van der Waals surface area contributed by atoms with Crippen molar-refractivity contribution in [1.82, 2.24) is 4.90 Å². The maximum atomic E-state index is 13.0. The van der Waals surface area contributed by atoms with Gasteiger partial charge in [-0.2, -0.15) is 26.3 Å². The number of morpholine rings is 1. The van der Waals surface area contributed by atoms with Crippen LogP contribution >= 0.6 is 12.4 Å². The van der Waals surface area contributed by atoms with Gasteiger partial charge in [-0.3, -0.25) is 9.69 Å². The van der Waals surface area contributed by atoms with Crippen LogP contribution in [0.25, 0.3) is 0 Å². The van der Waals surface area contributed by atoms with Crippen molar-refractivity contribution in [3.8, 4) is 0 Å². The maximum Gasteiger partial charge on any atom is 0.416 e. The van der Waals surface area contributed by atoms with Crippen LogP contribution in [-0.4, -0.2) is 48.4 Å². The second kappa shape index (κ2) is 9.11. The number of carbonyl (C=O) groups is 1. The molecule has 0 saturated carbocycles. The molecule has 1 N–H and O–H groups in total. The highest BCUT2D eigenvalue weighted by Crippen LogP contribution is 2.34. The van der Waals surface area contributed by atoms with Crippen LogP contribution in [0.4, 0.5) is 26.3 Å². The second-order valence-electron chi connectivity index (χ2n) is 6.08. The molecule has 27 heavy (non-hydrogen) atoms. The summed E-state index contributed by atoms with van der Waals surface area (Å²) >= 11 is 0. The lowest BCUT2D eigenvalue weighted by Gasteiger charge is -2.35. The fourth-order valence-corrected chi connectivity index (χ4v) is 2.79. The first-order chi connectivity index (χ1) is 12.0. The molecular formula is C16H18ClF6NO3. The lowest BCUT2D eigenvalue weighted by molar-refractivity contribution is -0.189. The Hall–Kier alpha value is -1.52. The summed E-state index contributed by atoms with van der Waals surface area (Å²) in [5.74, 6) is -3.62. The van der Waals surface area contributed by atoms with Crippen LogP contribution in [0.3, 0.4) is 0 Å². The molecule has 2 atom stereocenters. The third kappa shape index (κ3) is 6.86. The molecule has 0 amide bonds. The van der Waals surface area contributed by atoms with Gasteiger partial charge in [0, 0.05) is 19.6 Å². The lowest BCUT2D eigenvalue weighted by atomic mass is 10.0. The highest BCUT2D eigenvalue weighted by Gasteiger charge is 2.42. The molecule has 11 heteroatoms. The molecule has 1 aliphatic rings. The third-order valence-electron chi connectivity index (χ3n) is 4.10. The number of ether oxygens (including phenoxy) is 1. The molecule has 154 valence electrons. The Labute approximate surface area is 157 Å². The molecule has 0 aromatic heterocycles. The fraction of sp³-hybridized carbons (Fsp3) is 0.562. The summed E-state index contributed by atoms with van der Waals surface area (Å²) in [6.07, 6.45) is -11.1. The van der Waals surface area contributed by atoms with E-state index >= 15 is 0 Å². The van der Waals surface area contributed by atoms with Gasteiger partial charge >= 0.3 is 18.3 Å². The average molecular weight is 422 g/mol. The molecule has 1 fully saturated rings. The van der Waals surface area contributed by atoms with Gasteiger partial charge in [0.15, 0.2) is 0 Å². The highest BCUT2D eigenvalue weighted by atomic mass is 35.5. The standard InChI is InChI=1S/C16H17F6NO3.ClH/c17-15(18,19)11-3-1-2-10(6-11)13-9-23(4-5-26-13)8-12(7-14(24)25)16(20,21)22;/h1-3,6,12-13H,4-5,7-9H2,(H,24,25);1H. The molecule has 0 radical (unpaired) electrons. The smallest absolute Gasteiger partial charge is 0.416 e. The summed E-state index contributed by atoms with van der Waals surface area (Å²) < 4.78 is 82.8. The van der Waals surface area contributed by atoms with Crippen LogP contribution in [0.5, 0.6) is 0 Å². The minimum Gasteiger partial charge on any atom is -0.481 e. The number of benzene rings is 1. The molecule has 0 aliphatic carbocycles. The van der Waals surface area contributed by atoms with Crippen molar-refractivity contribution in [2.75, 3.05) is 26.2 Å². The van der Waals surface area contributed by atoms with E-state index in [2.05, 4.69) is 0 Å². The minimum atomic E-state index is -4.68. The number of carboxylic acid groups (broad SMARTS) is 1. The van der Waals surface area contributed by atoms with Crippen LogP contribution in [0.1, 0.15) is 23.7 Å². The predicted molar refractivity (Wildman–Crippen MR) is 85.6 cm³/mol. The monoisotopic (exact) mass is 421 g/mol. The lowest BCUT2D eigenvalue weighted by Crippen LogP contribution is -2.44. The topological polar surface area (TPSA) is 49.8 Å². The Balaban J connectivity index is 0.00000364. The van der Waals surface area contributed by atoms with Crippen molar-refractivity contribution in [3.63, 3.8) is 0 Å². The first-order valence-corrected chi connectivity index (χ1v) is 7.76. The molecule has 1 aromatic carbocycles. The highest BCUT2D eigenvalue weighted by molar-refractivity contribution is 5.85. The van der Waals surface area contributed by atoms with E-state index < -0.39 is 48.9 Å². The van der Waals surface area contributed by atoms with Gasteiger partial charge in [-0.1, -0.05) is 12.1 Å². The van der Waals surface area contributed by atoms with E-state index in [1.807, 2.05) is 0 Å². The summed E-state index contributed by atoms with van der Waals surface area (Å²) in [5.41, 5.74) is -0.652. The number of nitrogens with zero attached hydrogens (tertiary/aromatic N) is 1. The van der Waals surface area contributed by atoms with Crippen molar-refractivity contribution < 1.29 is 41.0 Å². The van der Waals surface area contributed by atoms with Crippen LogP contribution in [0.15, 0.2) is 24.3 Å². The number of halogens is 7. The molecule has 2 rings (SSSR count). The van der Waals surface area contributed by atoms with Gasteiger partial charge in [0.25, 0.3) is 0 Å². The third-order valence-corrected chi connectivity index (χ3v) is 4.10. The normalized spacial score (nSPS) is 20.0. The minimum absolute atomic E-state index is 0. The van der Waals surface area contributed by atoms with E-state index in [-0.39, 0.29) is 37.7 Å². The Morgan fingerprint density at radius 1 is 1.26 bits per heavy atom. The van der Waals surface area contributed by atoms with Crippen molar-refractivity contribution in [1.29, 1.82) is 0 Å². The number of alkyl halides is 6. The molecule has 1 aromatic rings. The van der Waals surface area contributed by atoms with E-state index in [1.54, 1.807) is 0 Å². The predicted octanol–water partition coefficient (Wildman–Crippen LogP) is 4.15. The Kier molecular flexibility index (Phi) is 7.94. The van der Waals surface area contributed by atoms with E-state index in [9.17, 15) is 31.1 Å². The van der Waals surface area contributed by atoms with Gasteiger partial charge in [-0.15, -0.1) is 12.4 Å². The van der Waals surface area contributed by atoms with Crippen LogP contribution < -0.4 is 0 Å². The number of hydrogen-bond donors (Lipinski definition) is 1. The number of aliphatic carboxylic acids is 1. The number of rotatable bonds is 5. The SMILES string of the molecule is Cl.O=C(O)CC(CN1CCOC(c2cccc(C(F)(F)F)c2)C1)C(F)(F)F. The molecule has 1 aliphatic heterocycles. The zero-order valence-electron chi connectivity index (χ0n) is 13.9. The summed E-state index contributed by atoms with van der Waals surface area (Å²) in [6, 6.07) is 4.44. The first-order valence-electron chi connectivity index (χ1n) is 7.76. The van der Waals surface area contributed by atoms with Gasteiger partial charge in [0.05, 0.1) is 30.6 Å². The fourth-order valence-electron chi connectivity index (χ4n) is 2.79. The van der Waals surface area contributed by atoms with Crippen LogP contribution in [-0.2, 0) is 15.7 Å². The Morgan fingerprint density at radius 2 is 1.93 bits per heavy atom. The van der Waals surface area contributed by atoms with Gasteiger partial charge in [-0.05, 0) is 17.7 Å². The molecular weight excluding hydrogens is 404 g/mol. The summed E-state index contributed by atoms with van der Waals surface area (Å²) in [4.78, 5) is 12.0. The van der Waals surface area contributed by atoms with E-state index in [4.69, 9.17) is 9.84 Å². The molecule has 1 heterocycles. The van der Waals surface area contributed by atoms with Crippen molar-refractivity contribution in [3.05, 3.63) is 35.4 Å². The molecule has 0 spiro atoms. The van der Waals surface area contributed by atoms with Gasteiger partial charge in [0.1, 0.15) is 0 Å². The zero-order chi connectivity index (χ0) is 19.5. The summed E-state index contributed by atoms with van der Waals surface area (Å²) in [7, 11) is 0. The quantitative estimate of drug-likeness (QED) is 0.726. The first kappa shape index (κ1) is 23.5. The van der Waals surface area contributed by atoms with Crippen molar-refractivity contribution in [2.45, 2.75) is 24.9 Å².